The first-order chi connectivity index (χ1) is 24.6. The summed E-state index contributed by atoms with van der Waals surface area (Å²) < 4.78 is 47.6. The van der Waals surface area contributed by atoms with Gasteiger partial charge >= 0.3 is 0 Å². The van der Waals surface area contributed by atoms with Crippen molar-refractivity contribution in [2.24, 2.45) is 0 Å². The molecule has 1 unspecified atom stereocenters. The lowest BCUT2D eigenvalue weighted by molar-refractivity contribution is -2.00. The second kappa shape index (κ2) is 16.0. The third-order valence-corrected chi connectivity index (χ3v) is 11.3. The van der Waals surface area contributed by atoms with Gasteiger partial charge in [0.05, 0.1) is 18.1 Å². The topological polar surface area (TPSA) is 117 Å². The number of nitrogens with zero attached hydrogens (tertiary/aromatic N) is 2. The Morgan fingerprint density at radius 2 is 1.63 bits per heavy atom. The number of allylic oxidation sites excluding steroid dienone is 5. The fraction of sp³-hybridized carbons (Fsp3) is 0.405. The molecule has 1 atom stereocenters. The molecule has 3 aliphatic rings. The van der Waals surface area contributed by atoms with Gasteiger partial charge in [-0.25, -0.2) is 18.6 Å². The van der Waals surface area contributed by atoms with Crippen LogP contribution in [0.15, 0.2) is 89.5 Å². The SMILES string of the molecule is C=Cc1ccc2c(c1C)C(C)(C)C(C=C1CCCC(C=CC3=[N+](CCOC)c4ccc5ccccc5c4C3(C)C)=C1Cl)N2CCOC.[O-][Cl+3]([O-])([O-])[O-]. The molecule has 10 heteroatoms. The van der Waals surface area contributed by atoms with Crippen molar-refractivity contribution < 1.29 is 42.9 Å². The van der Waals surface area contributed by atoms with E-state index in [1.165, 1.54) is 61.3 Å². The number of anilines is 1. The highest BCUT2D eigenvalue weighted by Crippen LogP contribution is 2.50. The summed E-state index contributed by atoms with van der Waals surface area (Å²) in [6, 6.07) is 17.9. The molecule has 3 aromatic carbocycles. The van der Waals surface area contributed by atoms with Crippen LogP contribution in [0.1, 0.15) is 69.2 Å². The molecule has 2 heterocycles. The number of ether oxygens (including phenoxy) is 2. The highest BCUT2D eigenvalue weighted by atomic mass is 35.7. The Morgan fingerprint density at radius 1 is 0.942 bits per heavy atom. The summed E-state index contributed by atoms with van der Waals surface area (Å²) in [5.41, 5.74) is 11.3. The lowest BCUT2D eigenvalue weighted by Gasteiger charge is -2.34. The predicted molar refractivity (Wildman–Crippen MR) is 200 cm³/mol. The van der Waals surface area contributed by atoms with E-state index in [1.807, 2.05) is 6.08 Å². The van der Waals surface area contributed by atoms with Gasteiger partial charge in [0.1, 0.15) is 6.61 Å². The van der Waals surface area contributed by atoms with Gasteiger partial charge in [-0.2, -0.15) is 4.58 Å². The minimum absolute atomic E-state index is 0.107. The van der Waals surface area contributed by atoms with E-state index in [-0.39, 0.29) is 16.9 Å². The fourth-order valence-electron chi connectivity index (χ4n) is 8.46. The van der Waals surface area contributed by atoms with Crippen molar-refractivity contribution in [1.29, 1.82) is 0 Å². The fourth-order valence-corrected chi connectivity index (χ4v) is 8.77. The van der Waals surface area contributed by atoms with Crippen LogP contribution in [-0.2, 0) is 20.3 Å². The average Bonchev–Trinajstić information content (AvgIpc) is 3.44. The van der Waals surface area contributed by atoms with E-state index in [4.69, 9.17) is 39.7 Å². The third-order valence-electron chi connectivity index (χ3n) is 10.8. The highest BCUT2D eigenvalue weighted by molar-refractivity contribution is 6.32. The largest absolute Gasteiger partial charge is 0.383 e. The molecule has 0 radical (unpaired) electrons. The molecule has 0 saturated heterocycles. The van der Waals surface area contributed by atoms with Crippen molar-refractivity contribution in [2.75, 3.05) is 45.4 Å². The molecule has 52 heavy (non-hydrogen) atoms. The normalized spacial score (nSPS) is 20.1. The molecule has 2 aliphatic heterocycles. The first-order valence-electron chi connectivity index (χ1n) is 17.6. The van der Waals surface area contributed by atoms with Crippen molar-refractivity contribution in [3.63, 3.8) is 0 Å². The zero-order chi connectivity index (χ0) is 38.0. The van der Waals surface area contributed by atoms with Crippen LogP contribution in [0, 0.1) is 17.2 Å². The molecule has 3 aromatic rings. The molecular weight excluding hydrogens is 699 g/mol. The minimum Gasteiger partial charge on any atom is -0.383 e. The zero-order valence-electron chi connectivity index (χ0n) is 31.3. The lowest BCUT2D eigenvalue weighted by atomic mass is 9.76. The zero-order valence-corrected chi connectivity index (χ0v) is 32.8. The smallest absolute Gasteiger partial charge is 0.210 e. The van der Waals surface area contributed by atoms with Gasteiger partial charge in [-0.1, -0.05) is 80.6 Å². The van der Waals surface area contributed by atoms with Crippen LogP contribution in [0.3, 0.4) is 0 Å². The van der Waals surface area contributed by atoms with Crippen molar-refractivity contribution >= 4 is 45.5 Å². The highest BCUT2D eigenvalue weighted by Gasteiger charge is 2.46. The Balaban J connectivity index is 0.000000979. The van der Waals surface area contributed by atoms with Gasteiger partial charge in [-0.3, -0.25) is 0 Å². The van der Waals surface area contributed by atoms with Gasteiger partial charge in [0.2, 0.25) is 5.69 Å². The molecule has 0 amide bonds. The number of fused-ring (bicyclic) bond motifs is 4. The van der Waals surface area contributed by atoms with Crippen LogP contribution in [0.5, 0.6) is 0 Å². The number of rotatable bonds is 10. The van der Waals surface area contributed by atoms with Gasteiger partial charge < -0.3 is 14.4 Å². The molecule has 0 bridgehead atoms. The summed E-state index contributed by atoms with van der Waals surface area (Å²) in [6.45, 7) is 18.7. The maximum Gasteiger partial charge on any atom is 0.210 e. The molecule has 0 spiro atoms. The number of hydrogen-bond donors (Lipinski definition) is 0. The van der Waals surface area contributed by atoms with Crippen molar-refractivity contribution in [3.05, 3.63) is 112 Å². The summed E-state index contributed by atoms with van der Waals surface area (Å²) in [6.07, 6.45) is 12.1. The Labute approximate surface area is 315 Å². The van der Waals surface area contributed by atoms with Crippen molar-refractivity contribution in [2.45, 2.75) is 70.8 Å². The maximum atomic E-state index is 8.49. The van der Waals surface area contributed by atoms with Crippen molar-refractivity contribution in [1.82, 2.24) is 0 Å². The number of methoxy groups -OCH3 is 2. The maximum absolute atomic E-state index is 8.49. The summed E-state index contributed by atoms with van der Waals surface area (Å²) >= 11 is 7.37. The van der Waals surface area contributed by atoms with E-state index in [1.54, 1.807) is 14.2 Å². The van der Waals surface area contributed by atoms with Gasteiger partial charge in [0.25, 0.3) is 0 Å². The van der Waals surface area contributed by atoms with E-state index in [0.29, 0.717) is 13.2 Å². The summed E-state index contributed by atoms with van der Waals surface area (Å²) in [5, 5.41) is 3.49. The second-order valence-electron chi connectivity index (χ2n) is 14.7. The predicted octanol–water partition coefficient (Wildman–Crippen LogP) is 5.03. The lowest BCUT2D eigenvalue weighted by Crippen LogP contribution is -2.68. The van der Waals surface area contributed by atoms with Crippen LogP contribution >= 0.6 is 11.6 Å². The molecule has 6 rings (SSSR count). The molecule has 0 saturated carbocycles. The Morgan fingerprint density at radius 3 is 2.31 bits per heavy atom. The molecule has 8 nitrogen and oxygen atoms in total. The second-order valence-corrected chi connectivity index (χ2v) is 15.8. The monoisotopic (exact) mass is 748 g/mol. The number of hydrogen-bond acceptors (Lipinski definition) is 7. The van der Waals surface area contributed by atoms with Gasteiger partial charge in [-0.15, -0.1) is 10.2 Å². The van der Waals surface area contributed by atoms with Crippen LogP contribution in [-0.4, -0.2) is 56.9 Å². The Kier molecular flexibility index (Phi) is 12.2. The third kappa shape index (κ3) is 7.96. The van der Waals surface area contributed by atoms with E-state index in [9.17, 15) is 0 Å². The minimum atomic E-state index is -4.94. The summed E-state index contributed by atoms with van der Waals surface area (Å²) in [4.78, 5) is 2.52. The Hall–Kier alpha value is -3.31. The van der Waals surface area contributed by atoms with E-state index < -0.39 is 10.2 Å². The quantitative estimate of drug-likeness (QED) is 0.267. The molecular formula is C42H50Cl2N2O6. The van der Waals surface area contributed by atoms with Crippen LogP contribution in [0.25, 0.3) is 16.8 Å². The average molecular weight is 750 g/mol. The first kappa shape index (κ1) is 39.9. The molecule has 278 valence electrons. The Bertz CT molecular complexity index is 1950. The molecule has 1 aliphatic carbocycles. The van der Waals surface area contributed by atoms with E-state index in [2.05, 4.69) is 117 Å². The standard InChI is InChI=1S/C42H50ClN2O2.ClHO4/c1-9-29-17-20-34-38(28(29)2)42(5,6)37(45(34)24-26-47-8)27-32-15-12-14-31(40(32)43)19-22-36-41(3,4)39-33-16-11-10-13-30(33)18-21-35(39)44(36)23-25-46-7;2-1(3,4)5/h9-11,13,16-22,27,37H,1,12,14-15,23-26H2,2-8H3;(H,2,3,4,5)/q+1;/p-1. The van der Waals surface area contributed by atoms with Crippen LogP contribution in [0.2, 0.25) is 0 Å². The molecule has 0 aromatic heterocycles. The number of halogens is 2. The summed E-state index contributed by atoms with van der Waals surface area (Å²) in [7, 11) is -1.39. The van der Waals surface area contributed by atoms with Crippen LogP contribution in [0.4, 0.5) is 11.4 Å². The summed E-state index contributed by atoms with van der Waals surface area (Å²) in [5.74, 6) is 0. The van der Waals surface area contributed by atoms with Gasteiger partial charge in [0, 0.05) is 54.6 Å². The van der Waals surface area contributed by atoms with Crippen molar-refractivity contribution in [3.8, 4) is 0 Å². The first-order valence-corrected chi connectivity index (χ1v) is 19.2. The van der Waals surface area contributed by atoms with E-state index >= 15 is 0 Å². The van der Waals surface area contributed by atoms with E-state index in [0.717, 1.165) is 37.4 Å². The van der Waals surface area contributed by atoms with Crippen LogP contribution < -0.4 is 23.5 Å². The molecule has 0 fully saturated rings. The molecule has 0 N–H and O–H groups in total. The van der Waals surface area contributed by atoms with Gasteiger partial charge in [-0.05, 0) is 90.8 Å². The van der Waals surface area contributed by atoms with Gasteiger partial charge in [0.15, 0.2) is 12.3 Å². The number of benzene rings is 3.